The van der Waals surface area contributed by atoms with Gasteiger partial charge in [0.25, 0.3) is 0 Å². The zero-order valence-corrected chi connectivity index (χ0v) is 14.8. The molecule has 0 N–H and O–H groups in total. The summed E-state index contributed by atoms with van der Waals surface area (Å²) in [5.74, 6) is -0.213. The Balaban J connectivity index is 2.06. The van der Waals surface area contributed by atoms with Gasteiger partial charge >= 0.3 is 6.09 Å². The second-order valence-corrected chi connectivity index (χ2v) is 12.9. The number of nitrogens with zero attached hydrogens (tertiary/aromatic N) is 1. The average Bonchev–Trinajstić information content (AvgIpc) is 2.78. The van der Waals surface area contributed by atoms with Gasteiger partial charge in [-0.15, -0.1) is 11.8 Å². The summed E-state index contributed by atoms with van der Waals surface area (Å²) in [7, 11) is -1.21. The highest BCUT2D eigenvalue weighted by molar-refractivity contribution is 7.98. The Labute approximate surface area is 130 Å². The predicted molar refractivity (Wildman–Crippen MR) is 88.7 cm³/mol. The second-order valence-electron chi connectivity index (χ2n) is 6.44. The largest absolute Gasteiger partial charge is 0.449 e. The van der Waals surface area contributed by atoms with Crippen LogP contribution in [0.1, 0.15) is 5.56 Å². The first kappa shape index (κ1) is 16.4. The predicted octanol–water partition coefficient (Wildman–Crippen LogP) is 4.38. The van der Waals surface area contributed by atoms with Crippen LogP contribution in [0.5, 0.6) is 0 Å². The molecule has 0 radical (unpaired) electrons. The molecule has 6 heteroatoms. The van der Waals surface area contributed by atoms with E-state index in [0.717, 1.165) is 17.3 Å². The van der Waals surface area contributed by atoms with E-state index in [4.69, 9.17) is 4.74 Å². The van der Waals surface area contributed by atoms with Crippen LogP contribution in [0, 0.1) is 5.82 Å². The van der Waals surface area contributed by atoms with E-state index in [9.17, 15) is 9.18 Å². The molecule has 0 fully saturated rings. The number of carbonyl (C=O) groups excluding carboxylic acids is 1. The number of rotatable bonds is 4. The summed E-state index contributed by atoms with van der Waals surface area (Å²) in [6.07, 6.45) is 2.20. The van der Waals surface area contributed by atoms with E-state index < -0.39 is 8.07 Å². The molecule has 1 aromatic rings. The number of halogens is 1. The lowest BCUT2D eigenvalue weighted by Gasteiger charge is -2.20. The first-order valence-corrected chi connectivity index (χ1v) is 12.1. The number of hydrogen-bond donors (Lipinski definition) is 0. The number of anilines is 1. The van der Waals surface area contributed by atoms with Crippen molar-refractivity contribution in [2.45, 2.75) is 37.0 Å². The Morgan fingerprint density at radius 3 is 2.76 bits per heavy atom. The lowest BCUT2D eigenvalue weighted by Crippen LogP contribution is -2.31. The summed E-state index contributed by atoms with van der Waals surface area (Å²) in [6, 6.07) is 4.25. The number of carbonyl (C=O) groups is 1. The van der Waals surface area contributed by atoms with E-state index in [1.165, 1.54) is 17.8 Å². The number of hydrogen-bond acceptors (Lipinski definition) is 3. The quantitative estimate of drug-likeness (QED) is 0.607. The number of fused-ring (bicyclic) bond motifs is 1. The SMILES string of the molecule is CSc1cc2c(cc1F)CCN2C(=O)OCC[Si](C)(C)C. The van der Waals surface area contributed by atoms with Crippen molar-refractivity contribution in [3.63, 3.8) is 0 Å². The van der Waals surface area contributed by atoms with Gasteiger partial charge in [-0.3, -0.25) is 4.90 Å². The summed E-state index contributed by atoms with van der Waals surface area (Å²) >= 11 is 1.35. The average molecular weight is 327 g/mol. The van der Waals surface area contributed by atoms with Gasteiger partial charge in [0, 0.05) is 19.5 Å². The first-order valence-electron chi connectivity index (χ1n) is 7.12. The molecular weight excluding hydrogens is 305 g/mol. The Bertz CT molecular complexity index is 545. The van der Waals surface area contributed by atoms with Crippen molar-refractivity contribution in [2.24, 2.45) is 0 Å². The van der Waals surface area contributed by atoms with Gasteiger partial charge in [-0.05, 0) is 36.4 Å². The molecule has 116 valence electrons. The minimum atomic E-state index is -1.21. The van der Waals surface area contributed by atoms with E-state index in [0.29, 0.717) is 24.5 Å². The van der Waals surface area contributed by atoms with Crippen LogP contribution in [-0.4, -0.2) is 33.6 Å². The molecule has 0 aromatic heterocycles. The van der Waals surface area contributed by atoms with E-state index >= 15 is 0 Å². The van der Waals surface area contributed by atoms with Crippen LogP contribution >= 0.6 is 11.8 Å². The maximum absolute atomic E-state index is 13.8. The molecule has 2 rings (SSSR count). The molecule has 0 bridgehead atoms. The van der Waals surface area contributed by atoms with Crippen LogP contribution in [-0.2, 0) is 11.2 Å². The zero-order valence-electron chi connectivity index (χ0n) is 13.0. The van der Waals surface area contributed by atoms with E-state index in [1.807, 2.05) is 6.26 Å². The van der Waals surface area contributed by atoms with Crippen molar-refractivity contribution >= 4 is 31.6 Å². The number of ether oxygens (including phenoxy) is 1. The van der Waals surface area contributed by atoms with Crippen LogP contribution in [0.3, 0.4) is 0 Å². The monoisotopic (exact) mass is 327 g/mol. The van der Waals surface area contributed by atoms with Crippen LogP contribution < -0.4 is 4.90 Å². The van der Waals surface area contributed by atoms with E-state index in [2.05, 4.69) is 19.6 Å². The molecule has 0 atom stereocenters. The van der Waals surface area contributed by atoms with E-state index in [-0.39, 0.29) is 11.9 Å². The summed E-state index contributed by atoms with van der Waals surface area (Å²) in [5, 5.41) is 0. The van der Waals surface area contributed by atoms with Crippen molar-refractivity contribution < 1.29 is 13.9 Å². The molecule has 0 unspecified atom stereocenters. The zero-order chi connectivity index (χ0) is 15.6. The molecule has 1 aromatic carbocycles. The van der Waals surface area contributed by atoms with Crippen LogP contribution in [0.15, 0.2) is 17.0 Å². The van der Waals surface area contributed by atoms with Gasteiger partial charge in [-0.2, -0.15) is 0 Å². The van der Waals surface area contributed by atoms with Gasteiger partial charge in [-0.25, -0.2) is 9.18 Å². The van der Waals surface area contributed by atoms with Crippen molar-refractivity contribution in [3.05, 3.63) is 23.5 Å². The highest BCUT2D eigenvalue weighted by Crippen LogP contribution is 2.34. The van der Waals surface area contributed by atoms with Gasteiger partial charge in [0.05, 0.1) is 12.3 Å². The molecule has 1 aliphatic heterocycles. The molecule has 0 saturated carbocycles. The van der Waals surface area contributed by atoms with E-state index in [1.54, 1.807) is 11.0 Å². The molecule has 1 aliphatic rings. The minimum Gasteiger partial charge on any atom is -0.449 e. The third-order valence-corrected chi connectivity index (χ3v) is 6.00. The summed E-state index contributed by atoms with van der Waals surface area (Å²) in [4.78, 5) is 14.4. The highest BCUT2D eigenvalue weighted by Gasteiger charge is 2.27. The van der Waals surface area contributed by atoms with Crippen LogP contribution in [0.25, 0.3) is 0 Å². The second kappa shape index (κ2) is 6.40. The van der Waals surface area contributed by atoms with Crippen molar-refractivity contribution in [1.29, 1.82) is 0 Å². The Kier molecular flexibility index (Phi) is 4.98. The molecule has 21 heavy (non-hydrogen) atoms. The number of benzene rings is 1. The maximum Gasteiger partial charge on any atom is 0.414 e. The fourth-order valence-corrected chi connectivity index (χ4v) is 3.45. The van der Waals surface area contributed by atoms with Gasteiger partial charge in [-0.1, -0.05) is 19.6 Å². The molecule has 1 amide bonds. The number of thioether (sulfide) groups is 1. The molecule has 3 nitrogen and oxygen atoms in total. The number of amides is 1. The fourth-order valence-electron chi connectivity index (χ4n) is 2.26. The minimum absolute atomic E-state index is 0.213. The molecule has 0 saturated heterocycles. The standard InChI is InChI=1S/C15H22FNO2SSi/c1-20-14-10-13-11(9-12(14)16)5-6-17(13)15(18)19-7-8-21(2,3)4/h9-10H,5-8H2,1-4H3. The highest BCUT2D eigenvalue weighted by atomic mass is 32.2. The van der Waals surface area contributed by atoms with Crippen molar-refractivity contribution in [2.75, 3.05) is 24.3 Å². The van der Waals surface area contributed by atoms with Crippen molar-refractivity contribution in [1.82, 2.24) is 0 Å². The molecule has 0 spiro atoms. The third kappa shape index (κ3) is 4.00. The summed E-state index contributed by atoms with van der Waals surface area (Å²) in [5.41, 5.74) is 1.67. The van der Waals surface area contributed by atoms with Gasteiger partial charge in [0.15, 0.2) is 0 Å². The topological polar surface area (TPSA) is 29.5 Å². The molecule has 1 heterocycles. The Morgan fingerprint density at radius 1 is 1.43 bits per heavy atom. The summed E-state index contributed by atoms with van der Waals surface area (Å²) < 4.78 is 19.1. The Hall–Kier alpha value is -1.01. The first-order chi connectivity index (χ1) is 9.81. The van der Waals surface area contributed by atoms with Crippen molar-refractivity contribution in [3.8, 4) is 0 Å². The van der Waals surface area contributed by atoms with Gasteiger partial charge in [0.2, 0.25) is 0 Å². The third-order valence-electron chi connectivity index (χ3n) is 3.55. The fraction of sp³-hybridized carbons (Fsp3) is 0.533. The van der Waals surface area contributed by atoms with Gasteiger partial charge in [0.1, 0.15) is 5.82 Å². The van der Waals surface area contributed by atoms with Gasteiger partial charge < -0.3 is 4.74 Å². The van der Waals surface area contributed by atoms with Crippen LogP contribution in [0.2, 0.25) is 25.7 Å². The smallest absolute Gasteiger partial charge is 0.414 e. The maximum atomic E-state index is 13.8. The molecule has 0 aliphatic carbocycles. The lowest BCUT2D eigenvalue weighted by atomic mass is 10.1. The van der Waals surface area contributed by atoms with Crippen LogP contribution in [0.4, 0.5) is 14.9 Å². The Morgan fingerprint density at radius 2 is 2.14 bits per heavy atom. The lowest BCUT2D eigenvalue weighted by molar-refractivity contribution is 0.160. The molecular formula is C15H22FNO2SSi. The normalized spacial score (nSPS) is 14.2. The summed E-state index contributed by atoms with van der Waals surface area (Å²) in [6.45, 7) is 7.79.